The van der Waals surface area contributed by atoms with Gasteiger partial charge in [-0.15, -0.1) is 0 Å². The lowest BCUT2D eigenvalue weighted by Gasteiger charge is -2.22. The van der Waals surface area contributed by atoms with Gasteiger partial charge in [0, 0.05) is 55.9 Å². The molecule has 0 saturated heterocycles. The predicted octanol–water partition coefficient (Wildman–Crippen LogP) is 2.82. The Morgan fingerprint density at radius 2 is 2.30 bits per heavy atom. The van der Waals surface area contributed by atoms with Gasteiger partial charge in [0.15, 0.2) is 5.96 Å². The van der Waals surface area contributed by atoms with Crippen molar-refractivity contribution in [1.29, 1.82) is 0 Å². The number of guanidine groups is 1. The maximum absolute atomic E-state index is 4.72. The molecule has 0 aliphatic heterocycles. The molecule has 0 amide bonds. The van der Waals surface area contributed by atoms with Gasteiger partial charge in [0.05, 0.1) is 6.54 Å². The number of aromatic nitrogens is 2. The van der Waals surface area contributed by atoms with Crippen LogP contribution in [0.4, 0.5) is 0 Å². The molecule has 2 heterocycles. The van der Waals surface area contributed by atoms with E-state index in [4.69, 9.17) is 4.99 Å². The molecule has 0 aliphatic rings. The molecule has 0 aromatic carbocycles. The van der Waals surface area contributed by atoms with Gasteiger partial charge in [-0.2, -0.15) is 0 Å². The van der Waals surface area contributed by atoms with Crippen molar-refractivity contribution < 1.29 is 0 Å². The molecule has 1 N–H and O–H groups in total. The lowest BCUT2D eigenvalue weighted by Crippen LogP contribution is -2.39. The van der Waals surface area contributed by atoms with Gasteiger partial charge in [0.2, 0.25) is 0 Å². The van der Waals surface area contributed by atoms with E-state index in [1.165, 1.54) is 11.3 Å². The minimum Gasteiger partial charge on any atom is -0.357 e. The van der Waals surface area contributed by atoms with E-state index in [1.54, 1.807) is 6.20 Å². The number of nitrogens with zero attached hydrogens (tertiary/aromatic N) is 4. The molecule has 0 saturated carbocycles. The Morgan fingerprint density at radius 3 is 2.91 bits per heavy atom. The maximum atomic E-state index is 4.72. The molecule has 0 atom stereocenters. The van der Waals surface area contributed by atoms with Crippen molar-refractivity contribution in [2.24, 2.45) is 12.0 Å². The smallest absolute Gasteiger partial charge is 0.194 e. The second-order valence-corrected chi connectivity index (χ2v) is 6.38. The Kier molecular flexibility index (Phi) is 6.65. The number of hydrogen-bond acceptors (Lipinski definition) is 2. The molecule has 2 aromatic rings. The molecule has 5 nitrogen and oxygen atoms in total. The Labute approximate surface area is 146 Å². The van der Waals surface area contributed by atoms with Gasteiger partial charge < -0.3 is 14.8 Å². The van der Waals surface area contributed by atoms with Crippen LogP contribution in [0.15, 0.2) is 46.3 Å². The number of rotatable bonds is 6. The number of aliphatic imine (C=N–C) groups is 1. The zero-order valence-corrected chi connectivity index (χ0v) is 15.5. The minimum absolute atomic E-state index is 0.745. The zero-order valence-electron chi connectivity index (χ0n) is 14.0. The second kappa shape index (κ2) is 8.72. The maximum Gasteiger partial charge on any atom is 0.194 e. The van der Waals surface area contributed by atoms with Crippen LogP contribution in [-0.2, 0) is 20.0 Å². The van der Waals surface area contributed by atoms with Gasteiger partial charge in [-0.25, -0.2) is 0 Å². The van der Waals surface area contributed by atoms with Crippen molar-refractivity contribution in [3.8, 4) is 0 Å². The fourth-order valence-electron chi connectivity index (χ4n) is 2.35. The van der Waals surface area contributed by atoms with Gasteiger partial charge in [-0.1, -0.05) is 6.07 Å². The molecule has 124 valence electrons. The van der Waals surface area contributed by atoms with Gasteiger partial charge in [0.1, 0.15) is 0 Å². The Hall–Kier alpha value is -1.82. The van der Waals surface area contributed by atoms with E-state index in [2.05, 4.69) is 75.0 Å². The highest BCUT2D eigenvalue weighted by molar-refractivity contribution is 9.10. The normalized spacial score (nSPS) is 11.6. The van der Waals surface area contributed by atoms with E-state index >= 15 is 0 Å². The van der Waals surface area contributed by atoms with Crippen LogP contribution >= 0.6 is 15.9 Å². The van der Waals surface area contributed by atoms with E-state index in [-0.39, 0.29) is 0 Å². The summed E-state index contributed by atoms with van der Waals surface area (Å²) in [5.74, 6) is 0.925. The topological polar surface area (TPSA) is 45.5 Å². The first kappa shape index (κ1) is 17.5. The molecule has 2 rings (SSSR count). The Morgan fingerprint density at radius 1 is 1.48 bits per heavy atom. The van der Waals surface area contributed by atoms with E-state index in [1.807, 2.05) is 12.3 Å². The van der Waals surface area contributed by atoms with E-state index in [9.17, 15) is 0 Å². The summed E-state index contributed by atoms with van der Waals surface area (Å²) < 4.78 is 3.22. The van der Waals surface area contributed by atoms with Gasteiger partial charge in [-0.05, 0) is 47.0 Å². The predicted molar refractivity (Wildman–Crippen MR) is 98.5 cm³/mol. The van der Waals surface area contributed by atoms with Crippen LogP contribution in [0.5, 0.6) is 0 Å². The average Bonchev–Trinajstić information content (AvgIpc) is 2.85. The van der Waals surface area contributed by atoms with Crippen molar-refractivity contribution in [3.63, 3.8) is 0 Å². The highest BCUT2D eigenvalue weighted by Gasteiger charge is 2.09. The van der Waals surface area contributed by atoms with Crippen LogP contribution in [-0.4, -0.2) is 40.5 Å². The van der Waals surface area contributed by atoms with Crippen molar-refractivity contribution in [3.05, 3.63) is 52.5 Å². The third-order valence-corrected chi connectivity index (χ3v) is 3.99. The summed E-state index contributed by atoms with van der Waals surface area (Å²) in [6.07, 6.45) is 6.65. The van der Waals surface area contributed by atoms with Crippen molar-refractivity contribution >= 4 is 21.9 Å². The molecule has 0 radical (unpaired) electrons. The molecule has 0 fully saturated rings. The average molecular weight is 378 g/mol. The first-order valence-electron chi connectivity index (χ1n) is 7.79. The molecule has 0 unspecified atom stereocenters. The molecule has 0 bridgehead atoms. The fraction of sp³-hybridized carbons (Fsp3) is 0.412. The van der Waals surface area contributed by atoms with E-state index in [0.717, 1.165) is 36.5 Å². The van der Waals surface area contributed by atoms with E-state index < -0.39 is 0 Å². The second-order valence-electron chi connectivity index (χ2n) is 5.46. The SMILES string of the molecule is CCNC(=NCCc1cccnc1)N(C)Cc1cc(Br)cn1C. The largest absolute Gasteiger partial charge is 0.357 e. The number of aryl methyl sites for hydroxylation is 1. The lowest BCUT2D eigenvalue weighted by molar-refractivity contribution is 0.462. The molecule has 2 aromatic heterocycles. The molecule has 6 heteroatoms. The van der Waals surface area contributed by atoms with Crippen molar-refractivity contribution in [1.82, 2.24) is 19.8 Å². The summed E-state index contributed by atoms with van der Waals surface area (Å²) >= 11 is 3.52. The summed E-state index contributed by atoms with van der Waals surface area (Å²) in [6.45, 7) is 4.49. The molecular formula is C17H24BrN5. The number of halogens is 1. The molecular weight excluding hydrogens is 354 g/mol. The van der Waals surface area contributed by atoms with Crippen LogP contribution in [0.1, 0.15) is 18.2 Å². The zero-order chi connectivity index (χ0) is 16.7. The summed E-state index contributed by atoms with van der Waals surface area (Å²) in [7, 11) is 4.12. The van der Waals surface area contributed by atoms with Crippen LogP contribution in [0.25, 0.3) is 0 Å². The van der Waals surface area contributed by atoms with Crippen LogP contribution < -0.4 is 5.32 Å². The van der Waals surface area contributed by atoms with Crippen LogP contribution in [0, 0.1) is 0 Å². The number of nitrogens with one attached hydrogen (secondary N) is 1. The third kappa shape index (κ3) is 5.39. The molecule has 0 aliphatic carbocycles. The van der Waals surface area contributed by atoms with E-state index in [0.29, 0.717) is 0 Å². The summed E-state index contributed by atoms with van der Waals surface area (Å²) in [4.78, 5) is 11.0. The molecule has 0 spiro atoms. The highest BCUT2D eigenvalue weighted by Crippen LogP contribution is 2.15. The third-order valence-electron chi connectivity index (χ3n) is 3.55. The van der Waals surface area contributed by atoms with Crippen LogP contribution in [0.3, 0.4) is 0 Å². The minimum atomic E-state index is 0.745. The summed E-state index contributed by atoms with van der Waals surface area (Å²) in [5.41, 5.74) is 2.44. The van der Waals surface area contributed by atoms with Crippen LogP contribution in [0.2, 0.25) is 0 Å². The number of pyridine rings is 1. The quantitative estimate of drug-likeness (QED) is 0.621. The standard InChI is InChI=1S/C17H24BrN5/c1-4-20-17(21-9-7-14-6-5-8-19-11-14)23(3)13-16-10-15(18)12-22(16)2/h5-6,8,10-12H,4,7,9,13H2,1-3H3,(H,20,21). The van der Waals surface area contributed by atoms with Gasteiger partial charge in [-0.3, -0.25) is 9.98 Å². The van der Waals surface area contributed by atoms with Gasteiger partial charge in [0.25, 0.3) is 0 Å². The highest BCUT2D eigenvalue weighted by atomic mass is 79.9. The first-order valence-corrected chi connectivity index (χ1v) is 8.58. The Bertz CT molecular complexity index is 636. The lowest BCUT2D eigenvalue weighted by atomic mass is 10.2. The summed E-state index contributed by atoms with van der Waals surface area (Å²) in [5, 5.41) is 3.35. The summed E-state index contributed by atoms with van der Waals surface area (Å²) in [6, 6.07) is 6.18. The first-order chi connectivity index (χ1) is 11.1. The van der Waals surface area contributed by atoms with Crippen molar-refractivity contribution in [2.75, 3.05) is 20.1 Å². The van der Waals surface area contributed by atoms with Gasteiger partial charge >= 0.3 is 0 Å². The van der Waals surface area contributed by atoms with Crippen molar-refractivity contribution in [2.45, 2.75) is 19.9 Å². The fourth-order valence-corrected chi connectivity index (χ4v) is 2.92. The monoisotopic (exact) mass is 377 g/mol. The Balaban J connectivity index is 1.98. The number of hydrogen-bond donors (Lipinski definition) is 1. The molecule has 23 heavy (non-hydrogen) atoms.